The molecule has 2 N–H and O–H groups in total. The van der Waals surface area contributed by atoms with Crippen molar-refractivity contribution in [3.63, 3.8) is 0 Å². The molecule has 0 fully saturated rings. The zero-order valence-electron chi connectivity index (χ0n) is 15.3. The molecule has 2 aromatic carbocycles. The number of aromatic nitrogens is 1. The van der Waals surface area contributed by atoms with E-state index in [1.807, 2.05) is 42.5 Å². The monoisotopic (exact) mass is 377 g/mol. The standard InChI is InChI=1S/C21H19N3O4/c1-26-17-4-2-3-16(11-17)24-20-10-15(7-8-22-20)21(25)23-12-14-5-6-18-19(9-14)28-13-27-18/h2-11H,12-13H2,1H3,(H,22,24)(H,23,25). The number of hydrogen-bond donors (Lipinski definition) is 2. The molecule has 0 aliphatic carbocycles. The third-order valence-corrected chi connectivity index (χ3v) is 4.25. The summed E-state index contributed by atoms with van der Waals surface area (Å²) in [6, 6.07) is 16.5. The number of nitrogens with one attached hydrogen (secondary N) is 2. The van der Waals surface area contributed by atoms with Gasteiger partial charge in [0, 0.05) is 30.1 Å². The van der Waals surface area contributed by atoms with Crippen LogP contribution in [0.2, 0.25) is 0 Å². The lowest BCUT2D eigenvalue weighted by Gasteiger charge is -2.09. The number of amides is 1. The molecule has 0 spiro atoms. The van der Waals surface area contributed by atoms with Gasteiger partial charge in [0.15, 0.2) is 11.5 Å². The number of nitrogens with zero attached hydrogens (tertiary/aromatic N) is 1. The summed E-state index contributed by atoms with van der Waals surface area (Å²) in [6.07, 6.45) is 1.60. The lowest BCUT2D eigenvalue weighted by molar-refractivity contribution is 0.0950. The Balaban J connectivity index is 1.41. The second-order valence-electron chi connectivity index (χ2n) is 6.16. The minimum atomic E-state index is -0.186. The summed E-state index contributed by atoms with van der Waals surface area (Å²) in [6.45, 7) is 0.613. The lowest BCUT2D eigenvalue weighted by Crippen LogP contribution is -2.22. The first kappa shape index (κ1) is 17.7. The minimum absolute atomic E-state index is 0.186. The van der Waals surface area contributed by atoms with Crippen molar-refractivity contribution in [2.45, 2.75) is 6.54 Å². The van der Waals surface area contributed by atoms with Crippen LogP contribution in [0.5, 0.6) is 17.2 Å². The van der Waals surface area contributed by atoms with Gasteiger partial charge >= 0.3 is 0 Å². The average molecular weight is 377 g/mol. The molecule has 28 heavy (non-hydrogen) atoms. The number of ether oxygens (including phenoxy) is 3. The van der Waals surface area contributed by atoms with E-state index in [-0.39, 0.29) is 12.7 Å². The summed E-state index contributed by atoms with van der Waals surface area (Å²) < 4.78 is 15.9. The highest BCUT2D eigenvalue weighted by molar-refractivity contribution is 5.94. The van der Waals surface area contributed by atoms with Crippen molar-refractivity contribution in [3.05, 3.63) is 71.9 Å². The summed E-state index contributed by atoms with van der Waals surface area (Å²) in [4.78, 5) is 16.8. The Kier molecular flexibility index (Phi) is 4.97. The van der Waals surface area contributed by atoms with E-state index in [0.29, 0.717) is 23.7 Å². The number of methoxy groups -OCH3 is 1. The van der Waals surface area contributed by atoms with Crippen LogP contribution in [0.25, 0.3) is 0 Å². The van der Waals surface area contributed by atoms with Crippen LogP contribution in [0.4, 0.5) is 11.5 Å². The summed E-state index contributed by atoms with van der Waals surface area (Å²) >= 11 is 0. The lowest BCUT2D eigenvalue weighted by atomic mass is 10.2. The molecule has 1 amide bonds. The number of hydrogen-bond acceptors (Lipinski definition) is 6. The van der Waals surface area contributed by atoms with Crippen LogP contribution in [-0.2, 0) is 6.54 Å². The molecule has 0 radical (unpaired) electrons. The Bertz CT molecular complexity index is 1010. The van der Waals surface area contributed by atoms with Gasteiger partial charge in [-0.05, 0) is 42.0 Å². The molecule has 1 aliphatic rings. The number of anilines is 2. The maximum atomic E-state index is 12.5. The molecule has 0 bridgehead atoms. The highest BCUT2D eigenvalue weighted by Gasteiger charge is 2.14. The largest absolute Gasteiger partial charge is 0.497 e. The number of rotatable bonds is 6. The van der Waals surface area contributed by atoms with Crippen molar-refractivity contribution in [3.8, 4) is 17.2 Å². The van der Waals surface area contributed by atoms with E-state index < -0.39 is 0 Å². The van der Waals surface area contributed by atoms with Crippen LogP contribution in [0.15, 0.2) is 60.8 Å². The number of pyridine rings is 1. The van der Waals surface area contributed by atoms with Gasteiger partial charge in [0.05, 0.1) is 7.11 Å². The number of carbonyl (C=O) groups excluding carboxylic acids is 1. The fraction of sp³-hybridized carbons (Fsp3) is 0.143. The first-order valence-electron chi connectivity index (χ1n) is 8.75. The first-order chi connectivity index (χ1) is 13.7. The van der Waals surface area contributed by atoms with Gasteiger partial charge in [-0.1, -0.05) is 12.1 Å². The van der Waals surface area contributed by atoms with Crippen LogP contribution in [-0.4, -0.2) is 24.8 Å². The van der Waals surface area contributed by atoms with Crippen LogP contribution in [0, 0.1) is 0 Å². The summed E-state index contributed by atoms with van der Waals surface area (Å²) in [5.74, 6) is 2.54. The van der Waals surface area contributed by atoms with Crippen molar-refractivity contribution in [2.75, 3.05) is 19.2 Å². The van der Waals surface area contributed by atoms with E-state index in [0.717, 1.165) is 22.7 Å². The molecule has 4 rings (SSSR count). The number of fused-ring (bicyclic) bond motifs is 1. The molecule has 0 saturated carbocycles. The molecule has 142 valence electrons. The van der Waals surface area contributed by atoms with E-state index in [4.69, 9.17) is 14.2 Å². The van der Waals surface area contributed by atoms with Gasteiger partial charge < -0.3 is 24.8 Å². The topological polar surface area (TPSA) is 81.7 Å². The normalized spacial score (nSPS) is 11.8. The molecule has 0 atom stereocenters. The van der Waals surface area contributed by atoms with Gasteiger partial charge in [-0.2, -0.15) is 0 Å². The molecule has 2 heterocycles. The molecular formula is C21H19N3O4. The highest BCUT2D eigenvalue weighted by atomic mass is 16.7. The van der Waals surface area contributed by atoms with E-state index in [1.54, 1.807) is 25.4 Å². The van der Waals surface area contributed by atoms with Gasteiger partial charge in [-0.3, -0.25) is 4.79 Å². The van der Waals surface area contributed by atoms with Gasteiger partial charge in [-0.25, -0.2) is 4.98 Å². The van der Waals surface area contributed by atoms with E-state index >= 15 is 0 Å². The van der Waals surface area contributed by atoms with Crippen LogP contribution in [0.1, 0.15) is 15.9 Å². The quantitative estimate of drug-likeness (QED) is 0.684. The Morgan fingerprint density at radius 1 is 1.11 bits per heavy atom. The predicted octanol–water partition coefficient (Wildman–Crippen LogP) is 3.49. The maximum Gasteiger partial charge on any atom is 0.251 e. The summed E-state index contributed by atoms with van der Waals surface area (Å²) in [5, 5.41) is 6.08. The Hall–Kier alpha value is -3.74. The van der Waals surface area contributed by atoms with Gasteiger partial charge in [0.1, 0.15) is 11.6 Å². The predicted molar refractivity (Wildman–Crippen MR) is 104 cm³/mol. The van der Waals surface area contributed by atoms with Gasteiger partial charge in [-0.15, -0.1) is 0 Å². The third-order valence-electron chi connectivity index (χ3n) is 4.25. The average Bonchev–Trinajstić information content (AvgIpc) is 3.20. The SMILES string of the molecule is COc1cccc(Nc2cc(C(=O)NCc3ccc4c(c3)OCO4)ccn2)c1. The molecule has 1 aliphatic heterocycles. The maximum absolute atomic E-state index is 12.5. The second-order valence-corrected chi connectivity index (χ2v) is 6.16. The first-order valence-corrected chi connectivity index (χ1v) is 8.75. The van der Waals surface area contributed by atoms with Crippen molar-refractivity contribution < 1.29 is 19.0 Å². The van der Waals surface area contributed by atoms with Crippen molar-refractivity contribution in [1.29, 1.82) is 0 Å². The van der Waals surface area contributed by atoms with Crippen LogP contribution >= 0.6 is 0 Å². The summed E-state index contributed by atoms with van der Waals surface area (Å²) in [7, 11) is 1.61. The van der Waals surface area contributed by atoms with Crippen molar-refractivity contribution in [1.82, 2.24) is 10.3 Å². The Morgan fingerprint density at radius 2 is 2.00 bits per heavy atom. The number of benzene rings is 2. The minimum Gasteiger partial charge on any atom is -0.497 e. The molecule has 3 aromatic rings. The Labute approximate surface area is 162 Å². The fourth-order valence-electron chi connectivity index (χ4n) is 2.82. The summed E-state index contributed by atoms with van der Waals surface area (Å²) in [5.41, 5.74) is 2.27. The molecule has 7 nitrogen and oxygen atoms in total. The van der Waals surface area contributed by atoms with Crippen molar-refractivity contribution >= 4 is 17.4 Å². The molecule has 0 unspecified atom stereocenters. The smallest absolute Gasteiger partial charge is 0.251 e. The van der Waals surface area contributed by atoms with Gasteiger partial charge in [0.25, 0.3) is 5.91 Å². The Morgan fingerprint density at radius 3 is 2.89 bits per heavy atom. The molecule has 1 aromatic heterocycles. The highest BCUT2D eigenvalue weighted by Crippen LogP contribution is 2.32. The second kappa shape index (κ2) is 7.87. The van der Waals surface area contributed by atoms with Gasteiger partial charge in [0.2, 0.25) is 6.79 Å². The van der Waals surface area contributed by atoms with E-state index in [1.165, 1.54) is 0 Å². The molecule has 7 heteroatoms. The zero-order chi connectivity index (χ0) is 19.3. The molecular weight excluding hydrogens is 358 g/mol. The van der Waals surface area contributed by atoms with Crippen LogP contribution in [0.3, 0.4) is 0 Å². The van der Waals surface area contributed by atoms with E-state index in [2.05, 4.69) is 15.6 Å². The third kappa shape index (κ3) is 3.98. The van der Waals surface area contributed by atoms with Crippen LogP contribution < -0.4 is 24.8 Å². The molecule has 0 saturated heterocycles. The fourth-order valence-corrected chi connectivity index (χ4v) is 2.82. The van der Waals surface area contributed by atoms with E-state index in [9.17, 15) is 4.79 Å². The zero-order valence-corrected chi connectivity index (χ0v) is 15.3. The number of carbonyl (C=O) groups is 1. The van der Waals surface area contributed by atoms with Crippen molar-refractivity contribution in [2.24, 2.45) is 0 Å².